The molecule has 1 aromatic carbocycles. The van der Waals surface area contributed by atoms with Gasteiger partial charge in [-0.25, -0.2) is 0 Å². The van der Waals surface area contributed by atoms with Gasteiger partial charge >= 0.3 is 0 Å². The molecule has 0 fully saturated rings. The van der Waals surface area contributed by atoms with Crippen LogP contribution in [0.4, 0.5) is 0 Å². The van der Waals surface area contributed by atoms with E-state index in [-0.39, 0.29) is 12.4 Å². The number of ether oxygens (including phenoxy) is 1. The highest BCUT2D eigenvalue weighted by molar-refractivity contribution is 5.77. The van der Waals surface area contributed by atoms with Gasteiger partial charge in [0.2, 0.25) is 0 Å². The molecule has 0 aliphatic heterocycles. The monoisotopic (exact) mass is 224 g/mol. The van der Waals surface area contributed by atoms with Crippen LogP contribution in [-0.4, -0.2) is 12.4 Å². The first-order chi connectivity index (χ1) is 7.68. The number of carbonyl (C=O) groups is 1. The zero-order valence-electron chi connectivity index (χ0n) is 11.3. The Bertz CT molecular complexity index is 263. The molecule has 0 N–H and O–H groups in total. The minimum Gasteiger partial charge on any atom is -0.486 e. The molecule has 0 aliphatic rings. The van der Waals surface area contributed by atoms with Gasteiger partial charge < -0.3 is 4.74 Å². The van der Waals surface area contributed by atoms with E-state index in [1.807, 2.05) is 58.9 Å². The molecule has 16 heavy (non-hydrogen) atoms. The fraction of sp³-hybridized carbons (Fsp3) is 0.500. The lowest BCUT2D eigenvalue weighted by Gasteiger charge is -2.02. The first-order valence-corrected chi connectivity index (χ1v) is 5.87. The van der Waals surface area contributed by atoms with Crippen LogP contribution in [-0.2, 0) is 4.79 Å². The van der Waals surface area contributed by atoms with Crippen LogP contribution >= 0.6 is 0 Å². The molecule has 0 saturated heterocycles. The SMILES string of the molecule is CC.CC.CC(=O)COc1ccc(C)cc1. The summed E-state index contributed by atoms with van der Waals surface area (Å²) in [6.45, 7) is 11.7. The van der Waals surface area contributed by atoms with Crippen LogP contribution in [0.15, 0.2) is 24.3 Å². The fourth-order valence-corrected chi connectivity index (χ4v) is 0.819. The largest absolute Gasteiger partial charge is 0.486 e. The lowest BCUT2D eigenvalue weighted by atomic mass is 10.2. The molecular formula is C14H24O2. The molecule has 0 amide bonds. The Balaban J connectivity index is 0. The highest BCUT2D eigenvalue weighted by Gasteiger charge is 1.94. The number of hydrogen-bond donors (Lipinski definition) is 0. The molecule has 0 heterocycles. The number of carbonyl (C=O) groups excluding carboxylic acids is 1. The Morgan fingerprint density at radius 2 is 1.50 bits per heavy atom. The van der Waals surface area contributed by atoms with E-state index < -0.39 is 0 Å². The van der Waals surface area contributed by atoms with E-state index >= 15 is 0 Å². The molecule has 0 unspecified atom stereocenters. The molecule has 0 radical (unpaired) electrons. The van der Waals surface area contributed by atoms with Crippen molar-refractivity contribution in [3.8, 4) is 5.75 Å². The smallest absolute Gasteiger partial charge is 0.167 e. The molecule has 0 saturated carbocycles. The van der Waals surface area contributed by atoms with Gasteiger partial charge in [0.25, 0.3) is 0 Å². The molecule has 1 aromatic rings. The van der Waals surface area contributed by atoms with Crippen molar-refractivity contribution >= 4 is 5.78 Å². The van der Waals surface area contributed by atoms with Crippen LogP contribution < -0.4 is 4.74 Å². The minimum absolute atomic E-state index is 0.0376. The number of hydrogen-bond acceptors (Lipinski definition) is 2. The Morgan fingerprint density at radius 1 is 1.06 bits per heavy atom. The summed E-state index contributed by atoms with van der Waals surface area (Å²) in [5, 5.41) is 0. The molecule has 2 nitrogen and oxygen atoms in total. The quantitative estimate of drug-likeness (QED) is 0.775. The summed E-state index contributed by atoms with van der Waals surface area (Å²) in [4.78, 5) is 10.6. The number of Topliss-reactive ketones (excluding diaryl/α,β-unsaturated/α-hetero) is 1. The van der Waals surface area contributed by atoms with E-state index in [9.17, 15) is 4.79 Å². The lowest BCUT2D eigenvalue weighted by molar-refractivity contribution is -0.118. The summed E-state index contributed by atoms with van der Waals surface area (Å²) in [6, 6.07) is 7.63. The predicted octanol–water partition coefficient (Wildman–Crippen LogP) is 4.02. The predicted molar refractivity (Wildman–Crippen MR) is 70.1 cm³/mol. The number of ketones is 1. The average molecular weight is 224 g/mol. The van der Waals surface area contributed by atoms with Gasteiger partial charge in [-0.3, -0.25) is 4.79 Å². The standard InChI is InChI=1S/C10H12O2.2C2H6/c1-8-3-5-10(6-4-8)12-7-9(2)11;2*1-2/h3-6H,7H2,1-2H3;2*1-2H3. The summed E-state index contributed by atoms with van der Waals surface area (Å²) in [5.41, 5.74) is 1.19. The Morgan fingerprint density at radius 3 is 1.88 bits per heavy atom. The third kappa shape index (κ3) is 9.25. The van der Waals surface area contributed by atoms with E-state index in [0.717, 1.165) is 5.75 Å². The number of aryl methyl sites for hydroxylation is 1. The van der Waals surface area contributed by atoms with Crippen LogP contribution in [0.1, 0.15) is 40.2 Å². The second kappa shape index (κ2) is 11.8. The second-order valence-corrected chi connectivity index (χ2v) is 2.80. The molecule has 2 heteroatoms. The number of benzene rings is 1. The van der Waals surface area contributed by atoms with E-state index in [0.29, 0.717) is 0 Å². The van der Waals surface area contributed by atoms with E-state index in [1.54, 1.807) is 0 Å². The van der Waals surface area contributed by atoms with Gasteiger partial charge in [0, 0.05) is 0 Å². The molecule has 0 atom stereocenters. The molecule has 0 spiro atoms. The van der Waals surface area contributed by atoms with Gasteiger partial charge in [-0.05, 0) is 26.0 Å². The summed E-state index contributed by atoms with van der Waals surface area (Å²) < 4.78 is 5.17. The van der Waals surface area contributed by atoms with Crippen LogP contribution in [0.3, 0.4) is 0 Å². The maximum atomic E-state index is 10.6. The molecule has 0 bridgehead atoms. The van der Waals surface area contributed by atoms with Crippen LogP contribution in [0.5, 0.6) is 5.75 Å². The van der Waals surface area contributed by atoms with E-state index in [2.05, 4.69) is 0 Å². The fourth-order valence-electron chi connectivity index (χ4n) is 0.819. The first kappa shape index (κ1) is 17.1. The summed E-state index contributed by atoms with van der Waals surface area (Å²) in [6.07, 6.45) is 0. The molecular weight excluding hydrogens is 200 g/mol. The first-order valence-electron chi connectivity index (χ1n) is 5.87. The normalized spacial score (nSPS) is 7.88. The van der Waals surface area contributed by atoms with Gasteiger partial charge in [0.05, 0.1) is 0 Å². The highest BCUT2D eigenvalue weighted by atomic mass is 16.5. The van der Waals surface area contributed by atoms with Crippen molar-refractivity contribution in [3.05, 3.63) is 29.8 Å². The summed E-state index contributed by atoms with van der Waals surface area (Å²) >= 11 is 0. The van der Waals surface area contributed by atoms with Crippen molar-refractivity contribution in [2.24, 2.45) is 0 Å². The minimum atomic E-state index is 0.0376. The Kier molecular flexibility index (Phi) is 12.6. The van der Waals surface area contributed by atoms with E-state index in [1.165, 1.54) is 12.5 Å². The van der Waals surface area contributed by atoms with E-state index in [4.69, 9.17) is 4.74 Å². The van der Waals surface area contributed by atoms with Crippen LogP contribution in [0, 0.1) is 6.92 Å². The molecule has 92 valence electrons. The zero-order valence-corrected chi connectivity index (χ0v) is 11.3. The van der Waals surface area contributed by atoms with Crippen LogP contribution in [0.2, 0.25) is 0 Å². The zero-order chi connectivity index (χ0) is 13.0. The van der Waals surface area contributed by atoms with Crippen molar-refractivity contribution in [1.29, 1.82) is 0 Å². The topological polar surface area (TPSA) is 26.3 Å². The van der Waals surface area contributed by atoms with Gasteiger partial charge in [0.15, 0.2) is 5.78 Å². The maximum Gasteiger partial charge on any atom is 0.167 e. The molecule has 0 aromatic heterocycles. The summed E-state index contributed by atoms with van der Waals surface area (Å²) in [7, 11) is 0. The molecule has 1 rings (SSSR count). The van der Waals surface area contributed by atoms with Gasteiger partial charge in [0.1, 0.15) is 12.4 Å². The van der Waals surface area contributed by atoms with Crippen molar-refractivity contribution in [3.63, 3.8) is 0 Å². The highest BCUT2D eigenvalue weighted by Crippen LogP contribution is 2.10. The van der Waals surface area contributed by atoms with Crippen molar-refractivity contribution in [1.82, 2.24) is 0 Å². The van der Waals surface area contributed by atoms with Crippen LogP contribution in [0.25, 0.3) is 0 Å². The molecule has 0 aliphatic carbocycles. The Hall–Kier alpha value is -1.31. The van der Waals surface area contributed by atoms with Gasteiger partial charge in [-0.15, -0.1) is 0 Å². The van der Waals surface area contributed by atoms with Crippen molar-refractivity contribution in [2.45, 2.75) is 41.5 Å². The third-order valence-electron chi connectivity index (χ3n) is 1.46. The van der Waals surface area contributed by atoms with Crippen molar-refractivity contribution < 1.29 is 9.53 Å². The Labute approximate surface area is 99.6 Å². The summed E-state index contributed by atoms with van der Waals surface area (Å²) in [5.74, 6) is 0.784. The number of rotatable bonds is 3. The van der Waals surface area contributed by atoms with Crippen molar-refractivity contribution in [2.75, 3.05) is 6.61 Å². The second-order valence-electron chi connectivity index (χ2n) is 2.80. The van der Waals surface area contributed by atoms with Gasteiger partial charge in [-0.1, -0.05) is 45.4 Å². The lowest BCUT2D eigenvalue weighted by Crippen LogP contribution is -2.06. The van der Waals surface area contributed by atoms with Gasteiger partial charge in [-0.2, -0.15) is 0 Å². The third-order valence-corrected chi connectivity index (χ3v) is 1.46. The average Bonchev–Trinajstić information content (AvgIpc) is 2.33. The maximum absolute atomic E-state index is 10.6.